The molecule has 2 aromatic rings. The summed E-state index contributed by atoms with van der Waals surface area (Å²) in [6.07, 6.45) is 2.65. The molecule has 0 radical (unpaired) electrons. The molecule has 0 spiro atoms. The molecular weight excluding hydrogens is 185 g/mol. The lowest BCUT2D eigenvalue weighted by Crippen LogP contribution is -1.85. The van der Waals surface area contributed by atoms with E-state index in [0.717, 1.165) is 23.3 Å². The molecule has 1 heterocycles. The Balaban J connectivity index is 2.64. The van der Waals surface area contributed by atoms with Crippen LogP contribution in [-0.4, -0.2) is 10.7 Å². The maximum Gasteiger partial charge on any atom is 0.132 e. The average Bonchev–Trinajstić information content (AvgIpc) is 2.51. The van der Waals surface area contributed by atoms with Crippen LogP contribution in [0, 0.1) is 5.82 Å². The van der Waals surface area contributed by atoms with Crippen molar-refractivity contribution in [2.75, 3.05) is 5.75 Å². The summed E-state index contributed by atoms with van der Waals surface area (Å²) >= 11 is 4.13. The molecule has 1 aromatic heterocycles. The van der Waals surface area contributed by atoms with Crippen molar-refractivity contribution in [1.82, 2.24) is 4.98 Å². The van der Waals surface area contributed by atoms with Crippen molar-refractivity contribution in [2.45, 2.75) is 6.42 Å². The van der Waals surface area contributed by atoms with Gasteiger partial charge in [-0.05, 0) is 29.9 Å². The van der Waals surface area contributed by atoms with Gasteiger partial charge in [-0.3, -0.25) is 0 Å². The van der Waals surface area contributed by atoms with E-state index in [-0.39, 0.29) is 5.82 Å². The number of aromatic nitrogens is 1. The maximum atomic E-state index is 13.4. The van der Waals surface area contributed by atoms with Crippen LogP contribution in [0.1, 0.15) is 5.56 Å². The minimum absolute atomic E-state index is 0.157. The maximum absolute atomic E-state index is 13.4. The molecule has 0 bridgehead atoms. The van der Waals surface area contributed by atoms with Gasteiger partial charge in [-0.2, -0.15) is 12.6 Å². The molecule has 68 valence electrons. The van der Waals surface area contributed by atoms with Crippen molar-refractivity contribution >= 4 is 23.5 Å². The van der Waals surface area contributed by atoms with Gasteiger partial charge in [0.1, 0.15) is 5.82 Å². The Morgan fingerprint density at radius 3 is 3.00 bits per heavy atom. The molecule has 0 aliphatic heterocycles. The third-order valence-corrected chi connectivity index (χ3v) is 2.34. The van der Waals surface area contributed by atoms with Crippen molar-refractivity contribution in [2.24, 2.45) is 0 Å². The smallest absolute Gasteiger partial charge is 0.132 e. The topological polar surface area (TPSA) is 15.8 Å². The van der Waals surface area contributed by atoms with Gasteiger partial charge in [0, 0.05) is 17.1 Å². The van der Waals surface area contributed by atoms with Gasteiger partial charge >= 0.3 is 0 Å². The molecule has 1 N–H and O–H groups in total. The summed E-state index contributed by atoms with van der Waals surface area (Å²) in [7, 11) is 0. The summed E-state index contributed by atoms with van der Waals surface area (Å²) in [5.41, 5.74) is 1.86. The predicted molar refractivity (Wildman–Crippen MR) is 55.8 cm³/mol. The van der Waals surface area contributed by atoms with E-state index in [1.165, 1.54) is 6.07 Å². The molecular formula is C10H10FNS. The highest BCUT2D eigenvalue weighted by Crippen LogP contribution is 2.21. The van der Waals surface area contributed by atoms with Gasteiger partial charge in [0.05, 0.1) is 0 Å². The van der Waals surface area contributed by atoms with E-state index < -0.39 is 0 Å². The zero-order valence-corrected chi connectivity index (χ0v) is 7.94. The Morgan fingerprint density at radius 2 is 2.23 bits per heavy atom. The van der Waals surface area contributed by atoms with Gasteiger partial charge in [-0.15, -0.1) is 0 Å². The van der Waals surface area contributed by atoms with Crippen molar-refractivity contribution in [3.05, 3.63) is 35.8 Å². The number of hydrogen-bond acceptors (Lipinski definition) is 1. The van der Waals surface area contributed by atoms with Gasteiger partial charge in [-0.25, -0.2) is 4.39 Å². The van der Waals surface area contributed by atoms with E-state index in [9.17, 15) is 4.39 Å². The lowest BCUT2D eigenvalue weighted by molar-refractivity contribution is 0.639. The second kappa shape index (κ2) is 3.42. The number of hydrogen-bond donors (Lipinski definition) is 2. The van der Waals surface area contributed by atoms with E-state index >= 15 is 0 Å². The van der Waals surface area contributed by atoms with Crippen molar-refractivity contribution in [1.29, 1.82) is 0 Å². The van der Waals surface area contributed by atoms with E-state index in [1.54, 1.807) is 6.07 Å². The van der Waals surface area contributed by atoms with Gasteiger partial charge in [0.15, 0.2) is 0 Å². The number of aryl methyl sites for hydroxylation is 1. The molecule has 0 aliphatic rings. The number of rotatable bonds is 2. The van der Waals surface area contributed by atoms with Crippen LogP contribution in [0.5, 0.6) is 0 Å². The SMILES string of the molecule is Fc1cccc2[nH]cc(CCS)c12. The summed E-state index contributed by atoms with van der Waals surface area (Å²) in [5.74, 6) is 0.580. The number of halogens is 1. The summed E-state index contributed by atoms with van der Waals surface area (Å²) < 4.78 is 13.4. The number of benzene rings is 1. The zero-order valence-electron chi connectivity index (χ0n) is 7.05. The summed E-state index contributed by atoms with van der Waals surface area (Å²) in [4.78, 5) is 3.04. The Kier molecular flexibility index (Phi) is 2.27. The highest BCUT2D eigenvalue weighted by Gasteiger charge is 2.06. The summed E-state index contributed by atoms with van der Waals surface area (Å²) in [6.45, 7) is 0. The number of aromatic amines is 1. The molecule has 3 heteroatoms. The third-order valence-electron chi connectivity index (χ3n) is 2.12. The first-order chi connectivity index (χ1) is 6.33. The standard InChI is InChI=1S/C10H10FNS/c11-8-2-1-3-9-10(8)7(4-5-13)6-12-9/h1-3,6,12-13H,4-5H2. The Morgan fingerprint density at radius 1 is 1.38 bits per heavy atom. The van der Waals surface area contributed by atoms with E-state index in [2.05, 4.69) is 17.6 Å². The molecule has 0 amide bonds. The summed E-state index contributed by atoms with van der Waals surface area (Å²) in [6, 6.07) is 5.07. The predicted octanol–water partition coefficient (Wildman–Crippen LogP) is 2.78. The molecule has 0 atom stereocenters. The minimum Gasteiger partial charge on any atom is -0.361 e. The van der Waals surface area contributed by atoms with Gasteiger partial charge < -0.3 is 4.98 Å². The van der Waals surface area contributed by atoms with Crippen LogP contribution >= 0.6 is 12.6 Å². The first-order valence-electron chi connectivity index (χ1n) is 4.18. The average molecular weight is 195 g/mol. The number of nitrogens with one attached hydrogen (secondary N) is 1. The second-order valence-corrected chi connectivity index (χ2v) is 3.40. The first kappa shape index (κ1) is 8.63. The van der Waals surface area contributed by atoms with Crippen LogP contribution in [0.4, 0.5) is 4.39 Å². The van der Waals surface area contributed by atoms with Gasteiger partial charge in [0.2, 0.25) is 0 Å². The molecule has 13 heavy (non-hydrogen) atoms. The largest absolute Gasteiger partial charge is 0.361 e. The van der Waals surface area contributed by atoms with E-state index in [1.807, 2.05) is 12.3 Å². The minimum atomic E-state index is -0.157. The molecule has 1 nitrogen and oxygen atoms in total. The molecule has 0 fully saturated rings. The zero-order chi connectivity index (χ0) is 9.26. The monoisotopic (exact) mass is 195 g/mol. The third kappa shape index (κ3) is 1.44. The Labute approximate surface area is 81.4 Å². The van der Waals surface area contributed by atoms with Crippen molar-refractivity contribution in [3.8, 4) is 0 Å². The molecule has 0 saturated carbocycles. The molecule has 1 aromatic carbocycles. The Hall–Kier alpha value is -0.960. The van der Waals surface area contributed by atoms with Crippen LogP contribution in [0.15, 0.2) is 24.4 Å². The number of thiol groups is 1. The molecule has 0 aliphatic carbocycles. The van der Waals surface area contributed by atoms with Crippen LogP contribution in [-0.2, 0) is 6.42 Å². The first-order valence-corrected chi connectivity index (χ1v) is 4.81. The highest BCUT2D eigenvalue weighted by atomic mass is 32.1. The summed E-state index contributed by atoms with van der Waals surface area (Å²) in [5, 5.41) is 0.705. The van der Waals surface area contributed by atoms with Gasteiger partial charge in [-0.1, -0.05) is 6.07 Å². The van der Waals surface area contributed by atoms with Crippen molar-refractivity contribution < 1.29 is 4.39 Å². The highest BCUT2D eigenvalue weighted by molar-refractivity contribution is 7.80. The lowest BCUT2D eigenvalue weighted by atomic mass is 10.1. The fourth-order valence-electron chi connectivity index (χ4n) is 1.53. The fraction of sp³-hybridized carbons (Fsp3) is 0.200. The number of H-pyrrole nitrogens is 1. The Bertz CT molecular complexity index is 422. The normalized spacial score (nSPS) is 10.9. The van der Waals surface area contributed by atoms with Crippen LogP contribution in [0.2, 0.25) is 0 Å². The quantitative estimate of drug-likeness (QED) is 0.685. The second-order valence-electron chi connectivity index (χ2n) is 2.95. The lowest BCUT2D eigenvalue weighted by Gasteiger charge is -1.96. The molecule has 0 unspecified atom stereocenters. The molecule has 2 rings (SSSR count). The van der Waals surface area contributed by atoms with Crippen molar-refractivity contribution in [3.63, 3.8) is 0 Å². The van der Waals surface area contributed by atoms with Crippen LogP contribution in [0.25, 0.3) is 10.9 Å². The van der Waals surface area contributed by atoms with E-state index in [4.69, 9.17) is 0 Å². The fourth-order valence-corrected chi connectivity index (χ4v) is 1.77. The number of fused-ring (bicyclic) bond motifs is 1. The van der Waals surface area contributed by atoms with Crippen LogP contribution in [0.3, 0.4) is 0 Å². The van der Waals surface area contributed by atoms with E-state index in [0.29, 0.717) is 5.39 Å². The van der Waals surface area contributed by atoms with Gasteiger partial charge in [0.25, 0.3) is 0 Å². The van der Waals surface area contributed by atoms with Crippen LogP contribution < -0.4 is 0 Å². The molecule has 0 saturated heterocycles.